The molecule has 1 atom stereocenters. The van der Waals surface area contributed by atoms with Gasteiger partial charge >= 0.3 is 0 Å². The Morgan fingerprint density at radius 2 is 1.78 bits per heavy atom. The van der Waals surface area contributed by atoms with Gasteiger partial charge in [0.05, 0.1) is 16.8 Å². The maximum Gasteiger partial charge on any atom is 0.253 e. The van der Waals surface area contributed by atoms with E-state index in [1.54, 1.807) is 24.3 Å². The number of nitrogens with zero attached hydrogens (tertiary/aromatic N) is 6. The molecule has 0 aliphatic carbocycles. The number of carbonyl (C=O) groups is 2. The van der Waals surface area contributed by atoms with Crippen LogP contribution < -0.4 is 5.32 Å². The van der Waals surface area contributed by atoms with Crippen LogP contribution in [0.5, 0.6) is 0 Å². The molecule has 1 aliphatic rings. The van der Waals surface area contributed by atoms with Crippen molar-refractivity contribution in [2.24, 2.45) is 5.92 Å². The van der Waals surface area contributed by atoms with Crippen molar-refractivity contribution in [3.63, 3.8) is 0 Å². The van der Waals surface area contributed by atoms with Crippen LogP contribution in [0.15, 0.2) is 103 Å². The molecule has 234 valence electrons. The minimum Gasteiger partial charge on any atom is -0.338 e. The van der Waals surface area contributed by atoms with Crippen LogP contribution in [0.1, 0.15) is 35.4 Å². The van der Waals surface area contributed by atoms with Crippen molar-refractivity contribution in [1.82, 2.24) is 29.4 Å². The average Bonchev–Trinajstić information content (AvgIpc) is 3.31. The first-order chi connectivity index (χ1) is 22.4. The molecule has 0 radical (unpaired) electrons. The standard InChI is InChI=1S/C37H39N7O2/c1-42(2)22-10-15-34(45)39-30-18-16-29(17-19-30)37(46)43-23-8-6-11-27(26-43)25-33-38-21-20-31(40-33)35-32-14-7-9-24-44(32)41-36(35)28-12-4-3-5-13-28/h3-5,7,9-10,12-21,24,27H,6,8,11,22-23,25-26H2,1-2H3,(H,39,45)/b15-10+/t27-/m1/s1. The zero-order valence-corrected chi connectivity index (χ0v) is 26.3. The minimum atomic E-state index is -0.194. The summed E-state index contributed by atoms with van der Waals surface area (Å²) in [5.74, 6) is 0.821. The van der Waals surface area contributed by atoms with E-state index < -0.39 is 0 Å². The molecule has 0 unspecified atom stereocenters. The molecule has 6 rings (SSSR count). The molecular formula is C37H39N7O2. The Bertz CT molecular complexity index is 1830. The number of anilines is 1. The van der Waals surface area contributed by atoms with Gasteiger partial charge in [0, 0.05) is 61.3 Å². The first kappa shape index (κ1) is 30.9. The fraction of sp³-hybridized carbons (Fsp3) is 0.270. The molecule has 46 heavy (non-hydrogen) atoms. The maximum atomic E-state index is 13.6. The summed E-state index contributed by atoms with van der Waals surface area (Å²) in [7, 11) is 3.89. The number of rotatable bonds is 9. The van der Waals surface area contributed by atoms with Crippen LogP contribution in [0, 0.1) is 5.92 Å². The van der Waals surface area contributed by atoms with E-state index in [1.165, 1.54) is 6.08 Å². The molecule has 3 aromatic heterocycles. The summed E-state index contributed by atoms with van der Waals surface area (Å²) in [6, 6.07) is 25.3. The number of hydrogen-bond donors (Lipinski definition) is 1. The van der Waals surface area contributed by atoms with Crippen molar-refractivity contribution in [3.8, 4) is 22.5 Å². The van der Waals surface area contributed by atoms with Crippen LogP contribution in [-0.4, -0.2) is 74.9 Å². The number of nitrogens with one attached hydrogen (secondary N) is 1. The summed E-state index contributed by atoms with van der Waals surface area (Å²) in [5, 5.41) is 7.75. The molecule has 0 saturated carbocycles. The predicted molar refractivity (Wildman–Crippen MR) is 181 cm³/mol. The molecule has 1 N–H and O–H groups in total. The van der Waals surface area contributed by atoms with Crippen molar-refractivity contribution >= 4 is 23.0 Å². The Hall–Kier alpha value is -5.15. The van der Waals surface area contributed by atoms with E-state index in [0.717, 1.165) is 53.1 Å². The van der Waals surface area contributed by atoms with Crippen molar-refractivity contribution in [2.75, 3.05) is 39.0 Å². The van der Waals surface area contributed by atoms with Crippen LogP contribution in [0.4, 0.5) is 5.69 Å². The third-order valence-corrected chi connectivity index (χ3v) is 8.22. The van der Waals surface area contributed by atoms with E-state index in [2.05, 4.69) is 28.5 Å². The van der Waals surface area contributed by atoms with E-state index in [9.17, 15) is 9.59 Å². The van der Waals surface area contributed by atoms with Gasteiger partial charge in [-0.2, -0.15) is 5.10 Å². The normalized spacial score (nSPS) is 15.4. The quantitative estimate of drug-likeness (QED) is 0.205. The van der Waals surface area contributed by atoms with Gasteiger partial charge in [0.1, 0.15) is 11.5 Å². The first-order valence-corrected chi connectivity index (χ1v) is 15.8. The number of carbonyl (C=O) groups excluding carboxylic acids is 2. The summed E-state index contributed by atoms with van der Waals surface area (Å²) in [4.78, 5) is 39.4. The van der Waals surface area contributed by atoms with E-state index in [-0.39, 0.29) is 17.7 Å². The van der Waals surface area contributed by atoms with Gasteiger partial charge < -0.3 is 15.1 Å². The number of hydrogen-bond acceptors (Lipinski definition) is 6. The Kier molecular flexibility index (Phi) is 9.59. The van der Waals surface area contributed by atoms with Gasteiger partial charge in [-0.3, -0.25) is 9.59 Å². The summed E-state index contributed by atoms with van der Waals surface area (Å²) in [6.07, 6.45) is 10.8. The highest BCUT2D eigenvalue weighted by Gasteiger charge is 2.25. The monoisotopic (exact) mass is 613 g/mol. The highest BCUT2D eigenvalue weighted by atomic mass is 16.2. The molecule has 1 aliphatic heterocycles. The predicted octanol–water partition coefficient (Wildman–Crippen LogP) is 6.00. The van der Waals surface area contributed by atoms with Gasteiger partial charge in [0.2, 0.25) is 5.91 Å². The van der Waals surface area contributed by atoms with Crippen molar-refractivity contribution in [3.05, 3.63) is 115 Å². The molecule has 0 bridgehead atoms. The lowest BCUT2D eigenvalue weighted by Crippen LogP contribution is -2.35. The van der Waals surface area contributed by atoms with Gasteiger partial charge in [-0.1, -0.05) is 48.9 Å². The van der Waals surface area contributed by atoms with Gasteiger partial charge in [-0.15, -0.1) is 0 Å². The van der Waals surface area contributed by atoms with Crippen LogP contribution >= 0.6 is 0 Å². The molecule has 1 saturated heterocycles. The van der Waals surface area contributed by atoms with Gasteiger partial charge in [0.25, 0.3) is 5.91 Å². The molecule has 5 aromatic rings. The van der Waals surface area contributed by atoms with E-state index in [1.807, 2.05) is 83.3 Å². The fourth-order valence-electron chi connectivity index (χ4n) is 5.96. The van der Waals surface area contributed by atoms with E-state index in [0.29, 0.717) is 37.3 Å². The second-order valence-corrected chi connectivity index (χ2v) is 12.0. The minimum absolute atomic E-state index is 0.00387. The fourth-order valence-corrected chi connectivity index (χ4v) is 5.96. The van der Waals surface area contributed by atoms with Crippen LogP contribution in [-0.2, 0) is 11.2 Å². The zero-order valence-electron chi connectivity index (χ0n) is 26.3. The Morgan fingerprint density at radius 1 is 0.978 bits per heavy atom. The second-order valence-electron chi connectivity index (χ2n) is 12.0. The lowest BCUT2D eigenvalue weighted by Gasteiger charge is -2.24. The van der Waals surface area contributed by atoms with Crippen molar-refractivity contribution in [1.29, 1.82) is 0 Å². The number of amides is 2. The van der Waals surface area contributed by atoms with E-state index in [4.69, 9.17) is 10.1 Å². The SMILES string of the molecule is CN(C)C/C=C/C(=O)Nc1ccc(C(=O)N2CCCC[C@H](Cc3nccc(-c4c(-c5ccccc5)nn5ccccc45)n3)C2)cc1. The summed E-state index contributed by atoms with van der Waals surface area (Å²) in [5.41, 5.74) is 6.00. The number of likely N-dealkylation sites (tertiary alicyclic amines) is 1. The van der Waals surface area contributed by atoms with Crippen LogP contribution in [0.3, 0.4) is 0 Å². The van der Waals surface area contributed by atoms with Gasteiger partial charge in [-0.25, -0.2) is 14.5 Å². The van der Waals surface area contributed by atoms with E-state index >= 15 is 0 Å². The molecule has 0 spiro atoms. The lowest BCUT2D eigenvalue weighted by molar-refractivity contribution is -0.111. The molecule has 2 aromatic carbocycles. The first-order valence-electron chi connectivity index (χ1n) is 15.8. The number of aromatic nitrogens is 4. The number of pyridine rings is 1. The highest BCUT2D eigenvalue weighted by Crippen LogP contribution is 2.34. The molecule has 9 heteroatoms. The topological polar surface area (TPSA) is 95.7 Å². The summed E-state index contributed by atoms with van der Waals surface area (Å²) >= 11 is 0. The van der Waals surface area contributed by atoms with Crippen molar-refractivity contribution in [2.45, 2.75) is 25.7 Å². The smallest absolute Gasteiger partial charge is 0.253 e. The van der Waals surface area contributed by atoms with Gasteiger partial charge in [0.15, 0.2) is 0 Å². The third-order valence-electron chi connectivity index (χ3n) is 8.22. The largest absolute Gasteiger partial charge is 0.338 e. The zero-order chi connectivity index (χ0) is 31.9. The molecular weight excluding hydrogens is 574 g/mol. The number of benzene rings is 2. The molecule has 9 nitrogen and oxygen atoms in total. The van der Waals surface area contributed by atoms with Crippen molar-refractivity contribution < 1.29 is 9.59 Å². The Morgan fingerprint density at radius 3 is 2.59 bits per heavy atom. The second kappa shape index (κ2) is 14.3. The number of likely N-dealkylation sites (N-methyl/N-ethyl adjacent to an activating group) is 1. The Labute approximate surface area is 269 Å². The van der Waals surface area contributed by atoms with Crippen LogP contribution in [0.25, 0.3) is 28.0 Å². The third kappa shape index (κ3) is 7.38. The molecule has 2 amide bonds. The molecule has 4 heterocycles. The summed E-state index contributed by atoms with van der Waals surface area (Å²) < 4.78 is 1.90. The number of fused-ring (bicyclic) bond motifs is 1. The van der Waals surface area contributed by atoms with Gasteiger partial charge in [-0.05, 0) is 75.3 Å². The van der Waals surface area contributed by atoms with Crippen LogP contribution in [0.2, 0.25) is 0 Å². The Balaban J connectivity index is 1.16. The average molecular weight is 614 g/mol. The maximum absolute atomic E-state index is 13.6. The lowest BCUT2D eigenvalue weighted by atomic mass is 9.98. The summed E-state index contributed by atoms with van der Waals surface area (Å²) in [6.45, 7) is 2.05. The molecule has 1 fully saturated rings. The highest BCUT2D eigenvalue weighted by molar-refractivity contribution is 6.00.